The lowest BCUT2D eigenvalue weighted by atomic mass is 10.1. The lowest BCUT2D eigenvalue weighted by Crippen LogP contribution is -2.24. The number of amides is 1. The first-order valence-corrected chi connectivity index (χ1v) is 6.63. The largest absolute Gasteiger partial charge is 0.481 e. The van der Waals surface area contributed by atoms with E-state index in [4.69, 9.17) is 5.11 Å². The van der Waals surface area contributed by atoms with Crippen LogP contribution in [0.25, 0.3) is 10.9 Å². The fraction of sp³-hybridized carbons (Fsp3) is 0.333. The van der Waals surface area contributed by atoms with Gasteiger partial charge in [-0.2, -0.15) is 0 Å². The summed E-state index contributed by atoms with van der Waals surface area (Å²) in [6.07, 6.45) is 3.20. The second-order valence-electron chi connectivity index (χ2n) is 4.78. The Bertz CT molecular complexity index is 631. The number of fused-ring (bicyclic) bond motifs is 1. The van der Waals surface area contributed by atoms with Gasteiger partial charge in [0.25, 0.3) is 5.91 Å². The molecule has 106 valence electrons. The molecule has 5 heteroatoms. The van der Waals surface area contributed by atoms with Crippen LogP contribution >= 0.6 is 0 Å². The molecule has 2 N–H and O–H groups in total. The molecule has 0 saturated heterocycles. The Kier molecular flexibility index (Phi) is 4.40. The van der Waals surface area contributed by atoms with Crippen LogP contribution in [0.4, 0.5) is 0 Å². The molecular formula is C15H18N2O3. The summed E-state index contributed by atoms with van der Waals surface area (Å²) >= 11 is 0. The van der Waals surface area contributed by atoms with Crippen LogP contribution in [0.2, 0.25) is 0 Å². The lowest BCUT2D eigenvalue weighted by Gasteiger charge is -2.03. The predicted molar refractivity (Wildman–Crippen MR) is 76.7 cm³/mol. The molecule has 1 aromatic heterocycles. The number of aryl methyl sites for hydroxylation is 1. The van der Waals surface area contributed by atoms with Crippen molar-refractivity contribution in [1.29, 1.82) is 0 Å². The summed E-state index contributed by atoms with van der Waals surface area (Å²) in [6, 6.07) is 7.75. The zero-order valence-corrected chi connectivity index (χ0v) is 11.4. The van der Waals surface area contributed by atoms with E-state index in [0.717, 1.165) is 10.9 Å². The van der Waals surface area contributed by atoms with E-state index in [1.54, 1.807) is 0 Å². The molecule has 1 heterocycles. The number of benzene rings is 1. The van der Waals surface area contributed by atoms with Crippen LogP contribution in [0.1, 0.15) is 29.6 Å². The van der Waals surface area contributed by atoms with Crippen molar-refractivity contribution in [2.75, 3.05) is 6.54 Å². The van der Waals surface area contributed by atoms with Crippen LogP contribution in [-0.4, -0.2) is 28.1 Å². The van der Waals surface area contributed by atoms with Crippen LogP contribution < -0.4 is 5.32 Å². The van der Waals surface area contributed by atoms with Gasteiger partial charge in [0.05, 0.1) is 5.56 Å². The topological polar surface area (TPSA) is 71.3 Å². The van der Waals surface area contributed by atoms with Gasteiger partial charge in [0, 0.05) is 37.1 Å². The van der Waals surface area contributed by atoms with Crippen molar-refractivity contribution in [3.8, 4) is 0 Å². The van der Waals surface area contributed by atoms with E-state index in [2.05, 4.69) is 5.32 Å². The summed E-state index contributed by atoms with van der Waals surface area (Å²) in [7, 11) is 1.91. The monoisotopic (exact) mass is 274 g/mol. The molecule has 2 rings (SSSR count). The average molecular weight is 274 g/mol. The number of carbonyl (C=O) groups is 2. The number of para-hydroxylation sites is 1. The number of nitrogens with one attached hydrogen (secondary N) is 1. The zero-order valence-electron chi connectivity index (χ0n) is 11.4. The van der Waals surface area contributed by atoms with Gasteiger partial charge < -0.3 is 15.0 Å². The third kappa shape index (κ3) is 3.17. The van der Waals surface area contributed by atoms with Crippen LogP contribution in [0.15, 0.2) is 30.5 Å². The molecule has 0 radical (unpaired) electrons. The first-order valence-electron chi connectivity index (χ1n) is 6.63. The van der Waals surface area contributed by atoms with E-state index in [1.165, 1.54) is 0 Å². The van der Waals surface area contributed by atoms with Gasteiger partial charge in [-0.3, -0.25) is 9.59 Å². The maximum atomic E-state index is 12.1. The number of aromatic nitrogens is 1. The van der Waals surface area contributed by atoms with E-state index in [1.807, 2.05) is 42.1 Å². The van der Waals surface area contributed by atoms with Crippen LogP contribution in [0.5, 0.6) is 0 Å². The van der Waals surface area contributed by atoms with Crippen LogP contribution in [0, 0.1) is 0 Å². The minimum atomic E-state index is -0.801. The second kappa shape index (κ2) is 6.23. The van der Waals surface area contributed by atoms with Gasteiger partial charge in [-0.1, -0.05) is 18.2 Å². The first-order chi connectivity index (χ1) is 9.59. The van der Waals surface area contributed by atoms with Gasteiger partial charge >= 0.3 is 5.97 Å². The lowest BCUT2D eigenvalue weighted by molar-refractivity contribution is -0.137. The fourth-order valence-corrected chi connectivity index (χ4v) is 2.22. The molecule has 1 amide bonds. The van der Waals surface area contributed by atoms with E-state index >= 15 is 0 Å². The van der Waals surface area contributed by atoms with Crippen molar-refractivity contribution in [3.05, 3.63) is 36.0 Å². The molecule has 0 saturated carbocycles. The molecule has 0 atom stereocenters. The van der Waals surface area contributed by atoms with E-state index in [-0.39, 0.29) is 12.3 Å². The summed E-state index contributed by atoms with van der Waals surface area (Å²) in [5, 5.41) is 12.3. The molecule has 0 aliphatic rings. The Morgan fingerprint density at radius 3 is 2.75 bits per heavy atom. The molecule has 2 aromatic rings. The summed E-state index contributed by atoms with van der Waals surface area (Å²) in [4.78, 5) is 22.5. The molecule has 0 fully saturated rings. The van der Waals surface area contributed by atoms with Crippen molar-refractivity contribution in [3.63, 3.8) is 0 Å². The van der Waals surface area contributed by atoms with Crippen LogP contribution in [-0.2, 0) is 11.8 Å². The van der Waals surface area contributed by atoms with E-state index in [0.29, 0.717) is 24.9 Å². The van der Waals surface area contributed by atoms with Gasteiger partial charge in [-0.15, -0.1) is 0 Å². The molecule has 0 unspecified atom stereocenters. The second-order valence-corrected chi connectivity index (χ2v) is 4.78. The van der Waals surface area contributed by atoms with Gasteiger partial charge in [0.15, 0.2) is 0 Å². The number of rotatable bonds is 6. The highest BCUT2D eigenvalue weighted by Crippen LogP contribution is 2.19. The van der Waals surface area contributed by atoms with Crippen molar-refractivity contribution in [2.24, 2.45) is 7.05 Å². The third-order valence-corrected chi connectivity index (χ3v) is 3.24. The highest BCUT2D eigenvalue weighted by atomic mass is 16.4. The number of hydrogen-bond acceptors (Lipinski definition) is 2. The van der Waals surface area contributed by atoms with Crippen LogP contribution in [0.3, 0.4) is 0 Å². The Hall–Kier alpha value is -2.30. The molecule has 0 spiro atoms. The number of carboxylic acid groups (broad SMARTS) is 1. The Morgan fingerprint density at radius 1 is 1.25 bits per heavy atom. The number of aliphatic carboxylic acids is 1. The maximum absolute atomic E-state index is 12.1. The molecule has 1 aromatic carbocycles. The minimum Gasteiger partial charge on any atom is -0.481 e. The number of carbonyl (C=O) groups excluding carboxylic acids is 1. The van der Waals surface area contributed by atoms with Gasteiger partial charge in [-0.05, 0) is 18.9 Å². The van der Waals surface area contributed by atoms with Gasteiger partial charge in [-0.25, -0.2) is 0 Å². The van der Waals surface area contributed by atoms with Gasteiger partial charge in [0.2, 0.25) is 0 Å². The number of carboxylic acids is 1. The number of nitrogens with zero attached hydrogens (tertiary/aromatic N) is 1. The van der Waals surface area contributed by atoms with E-state index in [9.17, 15) is 9.59 Å². The number of unbranched alkanes of at least 4 members (excludes halogenated alkanes) is 1. The smallest absolute Gasteiger partial charge is 0.303 e. The first kappa shape index (κ1) is 14.1. The molecule has 0 aliphatic heterocycles. The van der Waals surface area contributed by atoms with Crippen molar-refractivity contribution in [2.45, 2.75) is 19.3 Å². The normalized spacial score (nSPS) is 10.7. The molecule has 5 nitrogen and oxygen atoms in total. The molecule has 20 heavy (non-hydrogen) atoms. The van der Waals surface area contributed by atoms with Crippen molar-refractivity contribution < 1.29 is 14.7 Å². The quantitative estimate of drug-likeness (QED) is 0.793. The SMILES string of the molecule is Cn1cc(C(=O)NCCCCC(=O)O)c2ccccc21. The Balaban J connectivity index is 1.96. The highest BCUT2D eigenvalue weighted by Gasteiger charge is 2.12. The minimum absolute atomic E-state index is 0.114. The molecule has 0 bridgehead atoms. The summed E-state index contributed by atoms with van der Waals surface area (Å²) in [6.45, 7) is 0.495. The zero-order chi connectivity index (χ0) is 14.5. The summed E-state index contributed by atoms with van der Waals surface area (Å²) in [5.74, 6) is -0.914. The Morgan fingerprint density at radius 2 is 2.00 bits per heavy atom. The molecule has 0 aliphatic carbocycles. The highest BCUT2D eigenvalue weighted by molar-refractivity contribution is 6.06. The molecular weight excluding hydrogens is 256 g/mol. The fourth-order valence-electron chi connectivity index (χ4n) is 2.22. The predicted octanol–water partition coefficient (Wildman–Crippen LogP) is 2.16. The summed E-state index contributed by atoms with van der Waals surface area (Å²) < 4.78 is 1.93. The van der Waals surface area contributed by atoms with E-state index < -0.39 is 5.97 Å². The Labute approximate surface area is 117 Å². The maximum Gasteiger partial charge on any atom is 0.303 e. The standard InChI is InChI=1S/C15H18N2O3/c1-17-10-12(11-6-2-3-7-13(11)17)15(20)16-9-5-4-8-14(18)19/h2-3,6-7,10H,4-5,8-9H2,1H3,(H,16,20)(H,18,19). The van der Waals surface area contributed by atoms with Crippen molar-refractivity contribution >= 4 is 22.8 Å². The van der Waals surface area contributed by atoms with Gasteiger partial charge in [0.1, 0.15) is 0 Å². The van der Waals surface area contributed by atoms with Crippen molar-refractivity contribution in [1.82, 2.24) is 9.88 Å². The third-order valence-electron chi connectivity index (χ3n) is 3.24. The average Bonchev–Trinajstić information content (AvgIpc) is 2.76. The summed E-state index contributed by atoms with van der Waals surface area (Å²) in [5.41, 5.74) is 1.67. The number of hydrogen-bond donors (Lipinski definition) is 2.